The van der Waals surface area contributed by atoms with Crippen LogP contribution >= 0.6 is 0 Å². The van der Waals surface area contributed by atoms with Crippen molar-refractivity contribution in [1.82, 2.24) is 25.3 Å². The van der Waals surface area contributed by atoms with Gasteiger partial charge in [-0.15, -0.1) is 0 Å². The highest BCUT2D eigenvalue weighted by Gasteiger charge is 2.40. The zero-order chi connectivity index (χ0) is 24.8. The third-order valence-electron chi connectivity index (χ3n) is 6.14. The maximum Gasteiger partial charge on any atom is 0.338 e. The topological polar surface area (TPSA) is 94.2 Å². The van der Waals surface area contributed by atoms with Crippen LogP contribution in [0, 0.1) is 5.82 Å². The molecule has 0 spiro atoms. The van der Waals surface area contributed by atoms with Crippen molar-refractivity contribution in [2.24, 2.45) is 0 Å². The molecule has 0 aromatic heterocycles. The number of esters is 1. The molecule has 2 heterocycles. The standard InChI is InChI=1S/C24H34FN5O4/c1-5-26-23(32)30-13-12-28(14-16(30)4)15-19-20(22(31)34-7-3)21(27-24(33)29(19)6-2)17-10-8-9-11-18(17)25/h8-11,16,21H,5-7,12-15H2,1-4H3,(H,26,32)(H,27,33)/t16-,21+/m0/s1. The van der Waals surface area contributed by atoms with Crippen LogP contribution < -0.4 is 10.6 Å². The van der Waals surface area contributed by atoms with Crippen molar-refractivity contribution in [2.45, 2.75) is 39.8 Å². The first-order valence-corrected chi connectivity index (χ1v) is 11.8. The lowest BCUT2D eigenvalue weighted by atomic mass is 9.93. The van der Waals surface area contributed by atoms with Gasteiger partial charge >= 0.3 is 18.0 Å². The van der Waals surface area contributed by atoms with Crippen LogP contribution in [0.5, 0.6) is 0 Å². The Balaban J connectivity index is 1.98. The van der Waals surface area contributed by atoms with E-state index in [2.05, 4.69) is 15.5 Å². The third kappa shape index (κ3) is 5.32. The van der Waals surface area contributed by atoms with E-state index in [0.29, 0.717) is 45.0 Å². The van der Waals surface area contributed by atoms with Gasteiger partial charge in [-0.1, -0.05) is 18.2 Å². The summed E-state index contributed by atoms with van der Waals surface area (Å²) in [6.45, 7) is 10.4. The minimum Gasteiger partial charge on any atom is -0.463 e. The number of ether oxygens (including phenoxy) is 1. The van der Waals surface area contributed by atoms with Crippen LogP contribution in [0.2, 0.25) is 0 Å². The molecule has 186 valence electrons. The molecule has 1 aromatic carbocycles. The van der Waals surface area contributed by atoms with Gasteiger partial charge in [-0.25, -0.2) is 18.8 Å². The summed E-state index contributed by atoms with van der Waals surface area (Å²) >= 11 is 0. The van der Waals surface area contributed by atoms with E-state index in [1.54, 1.807) is 30.0 Å². The molecule has 0 unspecified atom stereocenters. The van der Waals surface area contributed by atoms with Crippen LogP contribution in [0.1, 0.15) is 39.3 Å². The molecule has 34 heavy (non-hydrogen) atoms. The van der Waals surface area contributed by atoms with Crippen molar-refractivity contribution in [1.29, 1.82) is 0 Å². The molecule has 1 aromatic rings. The molecule has 2 aliphatic heterocycles. The molecule has 0 bridgehead atoms. The fourth-order valence-corrected chi connectivity index (χ4v) is 4.54. The Bertz CT molecular complexity index is 953. The lowest BCUT2D eigenvalue weighted by Gasteiger charge is -2.42. The Labute approximate surface area is 199 Å². The van der Waals surface area contributed by atoms with E-state index >= 15 is 0 Å². The van der Waals surface area contributed by atoms with Crippen LogP contribution in [0.3, 0.4) is 0 Å². The molecule has 0 aliphatic carbocycles. The van der Waals surface area contributed by atoms with Gasteiger partial charge in [0, 0.05) is 56.6 Å². The maximum atomic E-state index is 14.7. The van der Waals surface area contributed by atoms with Crippen LogP contribution in [0.25, 0.3) is 0 Å². The first-order chi connectivity index (χ1) is 16.3. The summed E-state index contributed by atoms with van der Waals surface area (Å²) in [7, 11) is 0. The Morgan fingerprint density at radius 1 is 1.21 bits per heavy atom. The van der Waals surface area contributed by atoms with E-state index in [4.69, 9.17) is 4.74 Å². The number of hydrogen-bond donors (Lipinski definition) is 2. The number of likely N-dealkylation sites (N-methyl/N-ethyl adjacent to an activating group) is 1. The van der Waals surface area contributed by atoms with E-state index in [-0.39, 0.29) is 29.8 Å². The summed E-state index contributed by atoms with van der Waals surface area (Å²) in [5.74, 6) is -1.10. The molecule has 4 amide bonds. The predicted molar refractivity (Wildman–Crippen MR) is 125 cm³/mol. The third-order valence-corrected chi connectivity index (χ3v) is 6.14. The van der Waals surface area contributed by atoms with Crippen molar-refractivity contribution in [2.75, 3.05) is 45.9 Å². The second-order valence-corrected chi connectivity index (χ2v) is 8.34. The molecular weight excluding hydrogens is 441 g/mol. The Morgan fingerprint density at radius 2 is 1.94 bits per heavy atom. The number of carbonyl (C=O) groups excluding carboxylic acids is 3. The summed E-state index contributed by atoms with van der Waals surface area (Å²) in [4.78, 5) is 43.8. The number of piperazine rings is 1. The van der Waals surface area contributed by atoms with Crippen LogP contribution in [-0.2, 0) is 9.53 Å². The number of rotatable bonds is 7. The van der Waals surface area contributed by atoms with E-state index in [1.165, 1.54) is 11.0 Å². The number of hydrogen-bond acceptors (Lipinski definition) is 5. The second kappa shape index (κ2) is 11.3. The van der Waals surface area contributed by atoms with Gasteiger partial charge in [0.25, 0.3) is 0 Å². The highest BCUT2D eigenvalue weighted by atomic mass is 19.1. The molecule has 1 saturated heterocycles. The Hall–Kier alpha value is -3.14. The largest absolute Gasteiger partial charge is 0.463 e. The normalized spacial score (nSPS) is 21.4. The molecule has 9 nitrogen and oxygen atoms in total. The average Bonchev–Trinajstić information content (AvgIpc) is 2.79. The van der Waals surface area contributed by atoms with Gasteiger partial charge in [-0.05, 0) is 33.8 Å². The number of halogens is 1. The van der Waals surface area contributed by atoms with Gasteiger partial charge in [0.1, 0.15) is 5.82 Å². The molecule has 10 heteroatoms. The molecule has 3 rings (SSSR count). The zero-order valence-corrected chi connectivity index (χ0v) is 20.3. The van der Waals surface area contributed by atoms with Crippen molar-refractivity contribution >= 4 is 18.0 Å². The monoisotopic (exact) mass is 475 g/mol. The predicted octanol–water partition coefficient (Wildman–Crippen LogP) is 2.46. The van der Waals surface area contributed by atoms with Gasteiger partial charge in [-0.2, -0.15) is 0 Å². The average molecular weight is 476 g/mol. The van der Waals surface area contributed by atoms with Crippen molar-refractivity contribution < 1.29 is 23.5 Å². The first-order valence-electron chi connectivity index (χ1n) is 11.8. The Morgan fingerprint density at radius 3 is 2.56 bits per heavy atom. The van der Waals surface area contributed by atoms with E-state index in [0.717, 1.165) is 0 Å². The van der Waals surface area contributed by atoms with Crippen molar-refractivity contribution in [3.05, 3.63) is 46.9 Å². The fraction of sp³-hybridized carbons (Fsp3) is 0.542. The molecule has 0 saturated carbocycles. The minimum atomic E-state index is -0.959. The molecule has 1 fully saturated rings. The lowest BCUT2D eigenvalue weighted by Crippen LogP contribution is -2.58. The molecular formula is C24H34FN5O4. The molecule has 2 atom stereocenters. The zero-order valence-electron chi connectivity index (χ0n) is 20.3. The number of nitrogens with one attached hydrogen (secondary N) is 2. The van der Waals surface area contributed by atoms with Gasteiger partial charge in [0.15, 0.2) is 0 Å². The Kier molecular flexibility index (Phi) is 8.49. The SMILES string of the molecule is CCNC(=O)N1CCN(CC2=C(C(=O)OCC)[C@@H](c3ccccc3F)NC(=O)N2CC)C[C@@H]1C. The number of nitrogens with zero attached hydrogens (tertiary/aromatic N) is 3. The van der Waals surface area contributed by atoms with Gasteiger partial charge < -0.3 is 20.3 Å². The highest BCUT2D eigenvalue weighted by molar-refractivity contribution is 5.95. The van der Waals surface area contributed by atoms with Crippen LogP contribution in [0.4, 0.5) is 14.0 Å². The summed E-state index contributed by atoms with van der Waals surface area (Å²) < 4.78 is 20.1. The summed E-state index contributed by atoms with van der Waals surface area (Å²) in [6, 6.07) is 4.58. The maximum absolute atomic E-state index is 14.7. The van der Waals surface area contributed by atoms with Gasteiger partial charge in [-0.3, -0.25) is 9.80 Å². The van der Waals surface area contributed by atoms with E-state index in [1.807, 2.05) is 20.8 Å². The number of urea groups is 2. The quantitative estimate of drug-likeness (QED) is 0.591. The second-order valence-electron chi connectivity index (χ2n) is 8.34. The summed E-state index contributed by atoms with van der Waals surface area (Å²) in [6.07, 6.45) is 0. The minimum absolute atomic E-state index is 0.0539. The molecule has 2 aliphatic rings. The summed E-state index contributed by atoms with van der Waals surface area (Å²) in [5, 5.41) is 5.61. The summed E-state index contributed by atoms with van der Waals surface area (Å²) in [5.41, 5.74) is 0.936. The molecule has 2 N–H and O–H groups in total. The lowest BCUT2D eigenvalue weighted by molar-refractivity contribution is -0.139. The smallest absolute Gasteiger partial charge is 0.338 e. The highest BCUT2D eigenvalue weighted by Crippen LogP contribution is 2.33. The van der Waals surface area contributed by atoms with Gasteiger partial charge in [0.2, 0.25) is 0 Å². The van der Waals surface area contributed by atoms with Crippen LogP contribution in [0.15, 0.2) is 35.5 Å². The number of benzene rings is 1. The number of amides is 4. The first kappa shape index (κ1) is 25.5. The molecule has 0 radical (unpaired) electrons. The number of carbonyl (C=O) groups is 3. The van der Waals surface area contributed by atoms with E-state index in [9.17, 15) is 18.8 Å². The van der Waals surface area contributed by atoms with Crippen molar-refractivity contribution in [3.8, 4) is 0 Å². The van der Waals surface area contributed by atoms with Crippen LogP contribution in [-0.4, -0.2) is 84.6 Å². The van der Waals surface area contributed by atoms with Gasteiger partial charge in [0.05, 0.1) is 18.2 Å². The van der Waals surface area contributed by atoms with E-state index < -0.39 is 23.9 Å². The van der Waals surface area contributed by atoms with Crippen molar-refractivity contribution in [3.63, 3.8) is 0 Å². The fourth-order valence-electron chi connectivity index (χ4n) is 4.54.